The topological polar surface area (TPSA) is 69.7 Å². The molecule has 31 heavy (non-hydrogen) atoms. The van der Waals surface area contributed by atoms with Gasteiger partial charge in [-0.3, -0.25) is 9.59 Å². The number of ether oxygens (including phenoxy) is 2. The summed E-state index contributed by atoms with van der Waals surface area (Å²) in [7, 11) is 0. The largest absolute Gasteiger partial charge is 0.463 e. The molecular weight excluding hydrogens is 392 g/mol. The molecule has 0 bridgehead atoms. The average Bonchev–Trinajstić information content (AvgIpc) is 3.04. The summed E-state index contributed by atoms with van der Waals surface area (Å²) in [6.45, 7) is 9.78. The molecule has 0 saturated heterocycles. The molecule has 0 N–H and O–H groups in total. The van der Waals surface area contributed by atoms with Crippen LogP contribution in [-0.4, -0.2) is 30.4 Å². The van der Waals surface area contributed by atoms with Gasteiger partial charge in [0.2, 0.25) is 0 Å². The van der Waals surface area contributed by atoms with Crippen molar-refractivity contribution >= 4 is 18.2 Å². The highest BCUT2D eigenvalue weighted by atomic mass is 16.5. The molecule has 0 amide bonds. The lowest BCUT2D eigenvalue weighted by Gasteiger charge is -2.62. The van der Waals surface area contributed by atoms with Crippen molar-refractivity contribution < 1.29 is 23.9 Å². The zero-order chi connectivity index (χ0) is 22.6. The number of hydrogen-bond acceptors (Lipinski definition) is 5. The van der Waals surface area contributed by atoms with Gasteiger partial charge in [-0.15, -0.1) is 0 Å². The maximum absolute atomic E-state index is 12.1. The fourth-order valence-corrected chi connectivity index (χ4v) is 8.22. The van der Waals surface area contributed by atoms with Gasteiger partial charge in [0, 0.05) is 25.7 Å². The molecule has 0 unspecified atom stereocenters. The molecule has 0 spiro atoms. The second-order valence-electron chi connectivity index (χ2n) is 11.2. The molecule has 4 rings (SSSR count). The summed E-state index contributed by atoms with van der Waals surface area (Å²) < 4.78 is 11.6. The van der Waals surface area contributed by atoms with E-state index in [-0.39, 0.29) is 40.9 Å². The molecule has 4 aliphatic carbocycles. The number of carbonyl (C=O) groups excluding carboxylic acids is 3. The second-order valence-corrected chi connectivity index (χ2v) is 11.2. The first-order valence-electron chi connectivity index (χ1n) is 12.1. The van der Waals surface area contributed by atoms with Crippen molar-refractivity contribution in [1.29, 1.82) is 0 Å². The molecular formula is C26H38O5. The number of carbonyl (C=O) groups is 3. The SMILES string of the molecule is CC(=O)O[C@@H]1CC[C@@]2(C)[C@@H](C1)C[C@@H](OC(C)=O)[C@@H]1[C@@H]2CC[C@]2(C)C([C@H](C)C=O)=CC[C@@H]12. The van der Waals surface area contributed by atoms with E-state index in [1.165, 1.54) is 19.4 Å². The van der Waals surface area contributed by atoms with Crippen LogP contribution < -0.4 is 0 Å². The van der Waals surface area contributed by atoms with E-state index in [9.17, 15) is 14.4 Å². The molecule has 4 aliphatic rings. The zero-order valence-corrected chi connectivity index (χ0v) is 19.7. The lowest BCUT2D eigenvalue weighted by Crippen LogP contribution is -2.59. The van der Waals surface area contributed by atoms with Gasteiger partial charge in [-0.1, -0.05) is 32.4 Å². The highest BCUT2D eigenvalue weighted by Gasteiger charge is 2.62. The van der Waals surface area contributed by atoms with Gasteiger partial charge in [-0.2, -0.15) is 0 Å². The normalized spacial score (nSPS) is 44.7. The summed E-state index contributed by atoms with van der Waals surface area (Å²) in [5, 5.41) is 0. The first-order chi connectivity index (χ1) is 14.6. The van der Waals surface area contributed by atoms with Gasteiger partial charge in [-0.05, 0) is 73.5 Å². The van der Waals surface area contributed by atoms with Crippen LogP contribution in [0.2, 0.25) is 0 Å². The average molecular weight is 431 g/mol. The van der Waals surface area contributed by atoms with Crippen molar-refractivity contribution in [2.45, 2.75) is 91.8 Å². The number of aldehydes is 1. The van der Waals surface area contributed by atoms with Gasteiger partial charge in [0.25, 0.3) is 0 Å². The Balaban J connectivity index is 1.65. The molecule has 3 fully saturated rings. The van der Waals surface area contributed by atoms with Crippen LogP contribution in [0.4, 0.5) is 0 Å². The van der Waals surface area contributed by atoms with Crippen molar-refractivity contribution in [3.05, 3.63) is 11.6 Å². The molecule has 3 saturated carbocycles. The highest BCUT2D eigenvalue weighted by molar-refractivity contribution is 5.66. The lowest BCUT2D eigenvalue weighted by molar-refractivity contribution is -0.192. The minimum Gasteiger partial charge on any atom is -0.463 e. The first-order valence-corrected chi connectivity index (χ1v) is 12.1. The first kappa shape index (κ1) is 22.5. The Kier molecular flexibility index (Phi) is 5.85. The molecule has 0 aliphatic heterocycles. The maximum Gasteiger partial charge on any atom is 0.302 e. The van der Waals surface area contributed by atoms with Gasteiger partial charge < -0.3 is 14.3 Å². The maximum atomic E-state index is 12.1. The Morgan fingerprint density at radius 1 is 1.06 bits per heavy atom. The van der Waals surface area contributed by atoms with Crippen LogP contribution in [0.15, 0.2) is 11.6 Å². The lowest BCUT2D eigenvalue weighted by atomic mass is 9.43. The number of rotatable bonds is 4. The monoisotopic (exact) mass is 430 g/mol. The fraction of sp³-hybridized carbons (Fsp3) is 0.808. The van der Waals surface area contributed by atoms with E-state index in [1.54, 1.807) is 0 Å². The third-order valence-corrected chi connectivity index (χ3v) is 9.60. The second kappa shape index (κ2) is 8.04. The van der Waals surface area contributed by atoms with Crippen molar-refractivity contribution in [2.24, 2.45) is 40.4 Å². The number of fused-ring (bicyclic) bond motifs is 5. The molecule has 9 atom stereocenters. The quantitative estimate of drug-likeness (QED) is 0.361. The van der Waals surface area contributed by atoms with Crippen LogP contribution in [0.1, 0.15) is 79.6 Å². The third-order valence-electron chi connectivity index (χ3n) is 9.60. The van der Waals surface area contributed by atoms with Crippen LogP contribution >= 0.6 is 0 Å². The third kappa shape index (κ3) is 3.66. The molecule has 172 valence electrons. The predicted molar refractivity (Wildman–Crippen MR) is 117 cm³/mol. The molecule has 0 aromatic rings. The molecule has 0 aromatic carbocycles. The van der Waals surface area contributed by atoms with E-state index < -0.39 is 0 Å². The van der Waals surface area contributed by atoms with Crippen molar-refractivity contribution in [3.8, 4) is 0 Å². The molecule has 0 heterocycles. The molecule has 5 nitrogen and oxygen atoms in total. The van der Waals surface area contributed by atoms with Crippen LogP contribution in [0.5, 0.6) is 0 Å². The van der Waals surface area contributed by atoms with Crippen LogP contribution in [-0.2, 0) is 23.9 Å². The number of allylic oxidation sites excluding steroid dienone is 2. The standard InChI is InChI=1S/C26H38O5/c1-15(14-27)20-6-7-21-24-22(9-11-26(20,21)5)25(4)10-8-19(30-16(2)28)12-18(25)13-23(24)31-17(3)29/h6,14-15,18-19,21-24H,7-13H2,1-5H3/t15-,18+,19-,21+,22+,23-,24+,25+,26-/m1/s1. The van der Waals surface area contributed by atoms with Gasteiger partial charge in [-0.25, -0.2) is 0 Å². The molecule has 5 heteroatoms. The summed E-state index contributed by atoms with van der Waals surface area (Å²) in [6, 6.07) is 0. The smallest absolute Gasteiger partial charge is 0.302 e. The van der Waals surface area contributed by atoms with E-state index in [1.807, 2.05) is 6.92 Å². The minimum absolute atomic E-state index is 0.0119. The van der Waals surface area contributed by atoms with Crippen molar-refractivity contribution in [2.75, 3.05) is 0 Å². The predicted octanol–water partition coefficient (Wildman–Crippen LogP) is 4.87. The van der Waals surface area contributed by atoms with Gasteiger partial charge in [0.1, 0.15) is 18.5 Å². The Labute approximate surface area is 186 Å². The van der Waals surface area contributed by atoms with E-state index in [0.29, 0.717) is 23.7 Å². The van der Waals surface area contributed by atoms with Crippen molar-refractivity contribution in [1.82, 2.24) is 0 Å². The Bertz CT molecular complexity index is 787. The van der Waals surface area contributed by atoms with Gasteiger partial charge in [0.15, 0.2) is 0 Å². The van der Waals surface area contributed by atoms with E-state index >= 15 is 0 Å². The summed E-state index contributed by atoms with van der Waals surface area (Å²) in [5.41, 5.74) is 1.48. The zero-order valence-electron chi connectivity index (χ0n) is 19.7. The van der Waals surface area contributed by atoms with Gasteiger partial charge in [0.05, 0.1) is 0 Å². The van der Waals surface area contributed by atoms with Crippen molar-refractivity contribution in [3.63, 3.8) is 0 Å². The fourth-order valence-electron chi connectivity index (χ4n) is 8.22. The summed E-state index contributed by atoms with van der Waals surface area (Å²) in [4.78, 5) is 35.2. The summed E-state index contributed by atoms with van der Waals surface area (Å²) in [6.07, 6.45) is 10.1. The van der Waals surface area contributed by atoms with E-state index in [0.717, 1.165) is 51.2 Å². The van der Waals surface area contributed by atoms with Crippen LogP contribution in [0.25, 0.3) is 0 Å². The number of hydrogen-bond donors (Lipinski definition) is 0. The molecule has 0 aromatic heterocycles. The number of esters is 2. The van der Waals surface area contributed by atoms with Crippen LogP contribution in [0.3, 0.4) is 0 Å². The highest BCUT2D eigenvalue weighted by Crippen LogP contribution is 2.67. The van der Waals surface area contributed by atoms with E-state index in [2.05, 4.69) is 19.9 Å². The Hall–Kier alpha value is -1.65. The Morgan fingerprint density at radius 2 is 1.77 bits per heavy atom. The summed E-state index contributed by atoms with van der Waals surface area (Å²) in [5.74, 6) is 1.15. The van der Waals surface area contributed by atoms with E-state index in [4.69, 9.17) is 9.47 Å². The molecule has 0 radical (unpaired) electrons. The van der Waals surface area contributed by atoms with Gasteiger partial charge >= 0.3 is 11.9 Å². The van der Waals surface area contributed by atoms with Crippen LogP contribution in [0, 0.1) is 40.4 Å². The summed E-state index contributed by atoms with van der Waals surface area (Å²) >= 11 is 0. The Morgan fingerprint density at radius 3 is 2.42 bits per heavy atom. The minimum atomic E-state index is -0.209.